The molecule has 138 valence electrons. The molecule has 0 radical (unpaired) electrons. The Morgan fingerprint density at radius 3 is 2.44 bits per heavy atom. The number of benzene rings is 2. The molecular weight excluding hydrogens is 350 g/mol. The number of ketones is 2. The minimum absolute atomic E-state index is 0.0147. The molecule has 2 aromatic rings. The van der Waals surface area contributed by atoms with Gasteiger partial charge in [-0.3, -0.25) is 24.5 Å². The van der Waals surface area contributed by atoms with E-state index in [1.165, 1.54) is 25.1 Å². The van der Waals surface area contributed by atoms with Crippen molar-refractivity contribution in [1.29, 1.82) is 0 Å². The van der Waals surface area contributed by atoms with E-state index in [0.29, 0.717) is 0 Å². The van der Waals surface area contributed by atoms with E-state index in [0.717, 1.165) is 5.56 Å². The first-order valence-corrected chi connectivity index (χ1v) is 8.40. The van der Waals surface area contributed by atoms with Gasteiger partial charge < -0.3 is 4.74 Å². The van der Waals surface area contributed by atoms with Crippen molar-refractivity contribution in [2.24, 2.45) is 0 Å². The Hall–Kier alpha value is -3.35. The summed E-state index contributed by atoms with van der Waals surface area (Å²) < 4.78 is 5.24. The maximum atomic E-state index is 12.9. The Bertz CT molecular complexity index is 992. The van der Waals surface area contributed by atoms with E-state index >= 15 is 0 Å². The lowest BCUT2D eigenvalue weighted by atomic mass is 9.90. The number of nitro benzene ring substituents is 1. The van der Waals surface area contributed by atoms with Gasteiger partial charge in [0.25, 0.3) is 5.69 Å². The van der Waals surface area contributed by atoms with Crippen LogP contribution >= 0.6 is 0 Å². The SMILES string of the molecule is CC(=O)Oc1cc(C(C)C)ccc1C1C(=O)c2cccc([N+](=O)[O-])c2C1=O. The first kappa shape index (κ1) is 18.4. The first-order valence-electron chi connectivity index (χ1n) is 8.40. The molecule has 0 fully saturated rings. The molecule has 0 bridgehead atoms. The summed E-state index contributed by atoms with van der Waals surface area (Å²) >= 11 is 0. The van der Waals surface area contributed by atoms with Crippen molar-refractivity contribution >= 4 is 23.2 Å². The van der Waals surface area contributed by atoms with E-state index in [4.69, 9.17) is 4.74 Å². The minimum atomic E-state index is -1.27. The van der Waals surface area contributed by atoms with Crippen LogP contribution in [-0.2, 0) is 4.79 Å². The summed E-state index contributed by atoms with van der Waals surface area (Å²) in [7, 11) is 0. The van der Waals surface area contributed by atoms with Gasteiger partial charge in [0.15, 0.2) is 11.6 Å². The van der Waals surface area contributed by atoms with Crippen LogP contribution < -0.4 is 4.74 Å². The fourth-order valence-electron chi connectivity index (χ4n) is 3.25. The van der Waals surface area contributed by atoms with Crippen molar-refractivity contribution in [3.8, 4) is 5.75 Å². The van der Waals surface area contributed by atoms with Crippen LogP contribution in [0.1, 0.15) is 64.4 Å². The predicted octanol–water partition coefficient (Wildman–Crippen LogP) is 3.81. The highest BCUT2D eigenvalue weighted by atomic mass is 16.6. The molecular formula is C20H17NO6. The Morgan fingerprint density at radius 2 is 1.85 bits per heavy atom. The predicted molar refractivity (Wildman–Crippen MR) is 96.3 cm³/mol. The third-order valence-electron chi connectivity index (χ3n) is 4.54. The molecule has 0 N–H and O–H groups in total. The summed E-state index contributed by atoms with van der Waals surface area (Å²) in [6.07, 6.45) is 0. The second-order valence-electron chi connectivity index (χ2n) is 6.66. The number of ether oxygens (including phenoxy) is 1. The van der Waals surface area contributed by atoms with Gasteiger partial charge in [0.05, 0.1) is 4.92 Å². The summed E-state index contributed by atoms with van der Waals surface area (Å²) in [5, 5.41) is 11.3. The minimum Gasteiger partial charge on any atom is -0.426 e. The van der Waals surface area contributed by atoms with Crippen LogP contribution in [0.25, 0.3) is 0 Å². The van der Waals surface area contributed by atoms with E-state index in [9.17, 15) is 24.5 Å². The summed E-state index contributed by atoms with van der Waals surface area (Å²) in [6.45, 7) is 5.14. The molecule has 0 heterocycles. The molecule has 1 atom stereocenters. The molecule has 2 aromatic carbocycles. The molecule has 0 saturated carbocycles. The molecule has 0 amide bonds. The lowest BCUT2D eigenvalue weighted by Gasteiger charge is -2.16. The van der Waals surface area contributed by atoms with Crippen LogP contribution in [0.15, 0.2) is 36.4 Å². The van der Waals surface area contributed by atoms with Crippen LogP contribution in [0.4, 0.5) is 5.69 Å². The van der Waals surface area contributed by atoms with Gasteiger partial charge in [-0.15, -0.1) is 0 Å². The zero-order valence-corrected chi connectivity index (χ0v) is 15.0. The number of nitrogens with zero attached hydrogens (tertiary/aromatic N) is 1. The van der Waals surface area contributed by atoms with E-state index in [1.807, 2.05) is 13.8 Å². The average molecular weight is 367 g/mol. The Balaban J connectivity index is 2.16. The largest absolute Gasteiger partial charge is 0.426 e. The van der Waals surface area contributed by atoms with Gasteiger partial charge in [-0.2, -0.15) is 0 Å². The van der Waals surface area contributed by atoms with Crippen molar-refractivity contribution in [2.45, 2.75) is 32.6 Å². The number of nitro groups is 1. The van der Waals surface area contributed by atoms with Crippen LogP contribution in [0.3, 0.4) is 0 Å². The van der Waals surface area contributed by atoms with E-state index in [1.54, 1.807) is 18.2 Å². The van der Waals surface area contributed by atoms with Gasteiger partial charge in [-0.05, 0) is 17.5 Å². The van der Waals surface area contributed by atoms with Crippen molar-refractivity contribution in [1.82, 2.24) is 0 Å². The standard InChI is InChI=1S/C20H17NO6/c1-10(2)12-7-8-13(16(9-12)27-11(3)22)18-19(23)14-5-4-6-15(21(25)26)17(14)20(18)24/h4-10,18H,1-3H3. The lowest BCUT2D eigenvalue weighted by Crippen LogP contribution is -2.16. The monoisotopic (exact) mass is 367 g/mol. The highest BCUT2D eigenvalue weighted by molar-refractivity contribution is 6.31. The maximum Gasteiger partial charge on any atom is 0.308 e. The van der Waals surface area contributed by atoms with Gasteiger partial charge in [-0.1, -0.05) is 38.1 Å². The van der Waals surface area contributed by atoms with Gasteiger partial charge in [0.2, 0.25) is 0 Å². The second kappa shape index (κ2) is 6.75. The molecule has 1 unspecified atom stereocenters. The number of rotatable bonds is 4. The number of Topliss-reactive ketones (excluding diaryl/α,β-unsaturated/α-hetero) is 2. The molecule has 1 aliphatic carbocycles. The molecule has 7 heteroatoms. The van der Waals surface area contributed by atoms with Crippen molar-refractivity contribution in [3.05, 3.63) is 68.8 Å². The molecule has 0 aliphatic heterocycles. The Labute approximate surface area is 155 Å². The maximum absolute atomic E-state index is 12.9. The summed E-state index contributed by atoms with van der Waals surface area (Å²) in [5.41, 5.74) is 0.521. The number of hydrogen-bond acceptors (Lipinski definition) is 6. The number of carbonyl (C=O) groups is 3. The van der Waals surface area contributed by atoms with Gasteiger partial charge >= 0.3 is 5.97 Å². The molecule has 7 nitrogen and oxygen atoms in total. The van der Waals surface area contributed by atoms with Crippen molar-refractivity contribution in [2.75, 3.05) is 0 Å². The second-order valence-corrected chi connectivity index (χ2v) is 6.66. The number of hydrogen-bond donors (Lipinski definition) is 0. The quantitative estimate of drug-likeness (QED) is 0.268. The Morgan fingerprint density at radius 1 is 1.15 bits per heavy atom. The number of esters is 1. The first-order chi connectivity index (χ1) is 12.7. The van der Waals surface area contributed by atoms with E-state index < -0.39 is 34.1 Å². The number of carbonyl (C=O) groups excluding carboxylic acids is 3. The molecule has 27 heavy (non-hydrogen) atoms. The smallest absolute Gasteiger partial charge is 0.308 e. The van der Waals surface area contributed by atoms with Gasteiger partial charge in [-0.25, -0.2) is 0 Å². The van der Waals surface area contributed by atoms with Gasteiger partial charge in [0.1, 0.15) is 17.2 Å². The summed E-state index contributed by atoms with van der Waals surface area (Å²) in [6, 6.07) is 8.92. The van der Waals surface area contributed by atoms with Crippen LogP contribution in [0.2, 0.25) is 0 Å². The highest BCUT2D eigenvalue weighted by Gasteiger charge is 2.45. The molecule has 0 aromatic heterocycles. The fourth-order valence-corrected chi connectivity index (χ4v) is 3.25. The zero-order chi connectivity index (χ0) is 19.9. The van der Waals surface area contributed by atoms with Gasteiger partial charge in [0, 0.05) is 24.1 Å². The van der Waals surface area contributed by atoms with E-state index in [2.05, 4.69) is 0 Å². The third kappa shape index (κ3) is 3.12. The topological polar surface area (TPSA) is 104 Å². The fraction of sp³-hybridized carbons (Fsp3) is 0.250. The zero-order valence-electron chi connectivity index (χ0n) is 15.0. The van der Waals surface area contributed by atoms with Crippen LogP contribution in [0.5, 0.6) is 5.75 Å². The average Bonchev–Trinajstić information content (AvgIpc) is 2.85. The molecule has 0 saturated heterocycles. The summed E-state index contributed by atoms with van der Waals surface area (Å²) in [4.78, 5) is 47.9. The molecule has 0 spiro atoms. The lowest BCUT2D eigenvalue weighted by molar-refractivity contribution is -0.385. The summed E-state index contributed by atoms with van der Waals surface area (Å²) in [5.74, 6) is -2.79. The Kier molecular flexibility index (Phi) is 4.61. The normalized spacial score (nSPS) is 15.8. The van der Waals surface area contributed by atoms with Crippen molar-refractivity contribution in [3.63, 3.8) is 0 Å². The van der Waals surface area contributed by atoms with E-state index in [-0.39, 0.29) is 28.4 Å². The number of fused-ring (bicyclic) bond motifs is 1. The highest BCUT2D eigenvalue weighted by Crippen LogP contribution is 2.42. The van der Waals surface area contributed by atoms with Crippen LogP contribution in [-0.4, -0.2) is 22.5 Å². The molecule has 1 aliphatic rings. The molecule has 3 rings (SSSR count). The van der Waals surface area contributed by atoms with Crippen LogP contribution in [0, 0.1) is 10.1 Å². The third-order valence-corrected chi connectivity index (χ3v) is 4.54. The van der Waals surface area contributed by atoms with Crippen molar-refractivity contribution < 1.29 is 24.0 Å².